The number of hydrogen-bond acceptors (Lipinski definition) is 5. The van der Waals surface area contributed by atoms with Gasteiger partial charge in [-0.05, 0) is 55.3 Å². The normalized spacial score (nSPS) is 15.3. The lowest BCUT2D eigenvalue weighted by molar-refractivity contribution is -0.121. The van der Waals surface area contributed by atoms with Crippen molar-refractivity contribution >= 4 is 44.8 Å². The largest absolute Gasteiger partial charge is 0.497 e. The zero-order chi connectivity index (χ0) is 22.6. The first-order valence-electron chi connectivity index (χ1n) is 9.73. The minimum absolute atomic E-state index is 0.197. The molecule has 3 rings (SSSR count). The molecular formula is C21H24ClN3O5S. The van der Waals surface area contributed by atoms with E-state index in [-0.39, 0.29) is 35.7 Å². The number of amides is 2. The Morgan fingerprint density at radius 3 is 2.26 bits per heavy atom. The zero-order valence-electron chi connectivity index (χ0n) is 17.2. The monoisotopic (exact) mass is 465 g/mol. The Morgan fingerprint density at radius 1 is 1.06 bits per heavy atom. The molecule has 31 heavy (non-hydrogen) atoms. The minimum Gasteiger partial charge on any atom is -0.497 e. The van der Waals surface area contributed by atoms with Crippen molar-refractivity contribution in [1.29, 1.82) is 0 Å². The number of nitrogens with zero attached hydrogens (tertiary/aromatic N) is 1. The molecule has 0 saturated carbocycles. The first-order valence-corrected chi connectivity index (χ1v) is 11.5. The Kier molecular flexibility index (Phi) is 7.19. The number of methoxy groups -OCH3 is 1. The number of halogens is 1. The van der Waals surface area contributed by atoms with E-state index >= 15 is 0 Å². The fourth-order valence-electron chi connectivity index (χ4n) is 3.39. The molecule has 2 aromatic rings. The third-order valence-electron chi connectivity index (χ3n) is 5.07. The van der Waals surface area contributed by atoms with Gasteiger partial charge in [-0.2, -0.15) is 4.31 Å². The molecule has 166 valence electrons. The lowest BCUT2D eigenvalue weighted by atomic mass is 9.97. The van der Waals surface area contributed by atoms with Crippen LogP contribution in [-0.2, 0) is 19.6 Å². The van der Waals surface area contributed by atoms with Crippen molar-refractivity contribution in [3.05, 3.63) is 47.5 Å². The Hall–Kier alpha value is -2.62. The van der Waals surface area contributed by atoms with Crippen molar-refractivity contribution < 1.29 is 22.7 Å². The summed E-state index contributed by atoms with van der Waals surface area (Å²) in [6.45, 7) is 1.90. The molecule has 0 bridgehead atoms. The highest BCUT2D eigenvalue weighted by Crippen LogP contribution is 2.29. The summed E-state index contributed by atoms with van der Waals surface area (Å²) >= 11 is 6.21. The van der Waals surface area contributed by atoms with Crippen LogP contribution in [0.4, 0.5) is 11.4 Å². The van der Waals surface area contributed by atoms with E-state index in [1.165, 1.54) is 30.5 Å². The quantitative estimate of drug-likeness (QED) is 0.680. The molecule has 1 saturated heterocycles. The van der Waals surface area contributed by atoms with Gasteiger partial charge in [0.1, 0.15) is 5.75 Å². The van der Waals surface area contributed by atoms with Crippen molar-refractivity contribution in [3.63, 3.8) is 0 Å². The molecule has 0 spiro atoms. The third kappa shape index (κ3) is 5.55. The van der Waals surface area contributed by atoms with Gasteiger partial charge in [-0.3, -0.25) is 9.59 Å². The molecule has 0 radical (unpaired) electrons. The molecular weight excluding hydrogens is 442 g/mol. The maximum Gasteiger partial charge on any atom is 0.243 e. The standard InChI is InChI=1S/C21H24ClN3O5S/c1-14(26)23-16-3-8-20(19(22)13-16)24-21(27)15-9-11-25(12-10-15)31(28,29)18-6-4-17(30-2)5-7-18/h3-8,13,15H,9-12H2,1-2H3,(H,23,26)(H,24,27). The van der Waals surface area contributed by atoms with Gasteiger partial charge in [0.25, 0.3) is 0 Å². The predicted octanol–water partition coefficient (Wildman–Crippen LogP) is 3.35. The first kappa shape index (κ1) is 23.1. The molecule has 0 atom stereocenters. The molecule has 10 heteroatoms. The summed E-state index contributed by atoms with van der Waals surface area (Å²) in [6.07, 6.45) is 0.811. The van der Waals surface area contributed by atoms with Crippen LogP contribution in [0.2, 0.25) is 5.02 Å². The Labute approximate surface area is 186 Å². The molecule has 0 unspecified atom stereocenters. The molecule has 1 fully saturated rings. The highest BCUT2D eigenvalue weighted by atomic mass is 35.5. The van der Waals surface area contributed by atoms with Crippen LogP contribution in [0.25, 0.3) is 0 Å². The van der Waals surface area contributed by atoms with Gasteiger partial charge >= 0.3 is 0 Å². The van der Waals surface area contributed by atoms with Crippen LogP contribution in [0.5, 0.6) is 5.75 Å². The van der Waals surface area contributed by atoms with E-state index in [9.17, 15) is 18.0 Å². The fraction of sp³-hybridized carbons (Fsp3) is 0.333. The van der Waals surface area contributed by atoms with E-state index in [2.05, 4.69) is 10.6 Å². The van der Waals surface area contributed by atoms with Gasteiger partial charge < -0.3 is 15.4 Å². The SMILES string of the molecule is COc1ccc(S(=O)(=O)N2CCC(C(=O)Nc3ccc(NC(C)=O)cc3Cl)CC2)cc1. The van der Waals surface area contributed by atoms with E-state index in [0.29, 0.717) is 35.0 Å². The van der Waals surface area contributed by atoms with Crippen molar-refractivity contribution in [2.24, 2.45) is 5.92 Å². The van der Waals surface area contributed by atoms with Crippen LogP contribution in [0.1, 0.15) is 19.8 Å². The summed E-state index contributed by atoms with van der Waals surface area (Å²) < 4.78 is 32.2. The van der Waals surface area contributed by atoms with Gasteiger partial charge in [0.05, 0.1) is 22.7 Å². The summed E-state index contributed by atoms with van der Waals surface area (Å²) in [6, 6.07) is 11.1. The number of rotatable bonds is 6. The van der Waals surface area contributed by atoms with Crippen molar-refractivity contribution in [2.75, 3.05) is 30.8 Å². The van der Waals surface area contributed by atoms with Crippen molar-refractivity contribution in [3.8, 4) is 5.75 Å². The van der Waals surface area contributed by atoms with Crippen LogP contribution >= 0.6 is 11.6 Å². The topological polar surface area (TPSA) is 105 Å². The first-order chi connectivity index (χ1) is 14.7. The second kappa shape index (κ2) is 9.67. The number of carbonyl (C=O) groups is 2. The molecule has 2 amide bonds. The van der Waals surface area contributed by atoms with Crippen molar-refractivity contribution in [2.45, 2.75) is 24.7 Å². The molecule has 1 aliphatic rings. The number of carbonyl (C=O) groups excluding carboxylic acids is 2. The Balaban J connectivity index is 1.60. The average molecular weight is 466 g/mol. The van der Waals surface area contributed by atoms with E-state index in [0.717, 1.165) is 0 Å². The van der Waals surface area contributed by atoms with Gasteiger partial charge in [-0.15, -0.1) is 0 Å². The number of sulfonamides is 1. The average Bonchev–Trinajstić information content (AvgIpc) is 2.75. The summed E-state index contributed by atoms with van der Waals surface area (Å²) in [7, 11) is -2.11. The molecule has 0 aliphatic carbocycles. The highest BCUT2D eigenvalue weighted by molar-refractivity contribution is 7.89. The minimum atomic E-state index is -3.63. The maximum atomic E-state index is 12.8. The van der Waals surface area contributed by atoms with Crippen LogP contribution in [0, 0.1) is 5.92 Å². The molecule has 8 nitrogen and oxygen atoms in total. The lowest BCUT2D eigenvalue weighted by Crippen LogP contribution is -2.41. The Morgan fingerprint density at radius 2 is 1.71 bits per heavy atom. The zero-order valence-corrected chi connectivity index (χ0v) is 18.8. The number of nitrogens with one attached hydrogen (secondary N) is 2. The molecule has 1 aliphatic heterocycles. The van der Waals surface area contributed by atoms with E-state index in [1.54, 1.807) is 30.3 Å². The fourth-order valence-corrected chi connectivity index (χ4v) is 5.08. The van der Waals surface area contributed by atoms with Gasteiger partial charge in [-0.25, -0.2) is 8.42 Å². The molecule has 2 aromatic carbocycles. The molecule has 0 aromatic heterocycles. The van der Waals surface area contributed by atoms with Crippen molar-refractivity contribution in [1.82, 2.24) is 4.31 Å². The van der Waals surface area contributed by atoms with Gasteiger partial charge in [0, 0.05) is 31.6 Å². The summed E-state index contributed by atoms with van der Waals surface area (Å²) in [5.74, 6) is -0.175. The highest BCUT2D eigenvalue weighted by Gasteiger charge is 2.32. The summed E-state index contributed by atoms with van der Waals surface area (Å²) in [5.41, 5.74) is 0.974. The predicted molar refractivity (Wildman–Crippen MR) is 119 cm³/mol. The van der Waals surface area contributed by atoms with E-state index < -0.39 is 10.0 Å². The molecule has 2 N–H and O–H groups in total. The second-order valence-electron chi connectivity index (χ2n) is 7.22. The van der Waals surface area contributed by atoms with Gasteiger partial charge in [-0.1, -0.05) is 11.6 Å². The third-order valence-corrected chi connectivity index (χ3v) is 7.29. The summed E-state index contributed by atoms with van der Waals surface area (Å²) in [5, 5.41) is 5.72. The number of ether oxygens (including phenoxy) is 1. The van der Waals surface area contributed by atoms with E-state index in [4.69, 9.17) is 16.3 Å². The van der Waals surface area contributed by atoms with Gasteiger partial charge in [0.15, 0.2) is 0 Å². The van der Waals surface area contributed by atoms with Gasteiger partial charge in [0.2, 0.25) is 21.8 Å². The van der Waals surface area contributed by atoms with E-state index in [1.807, 2.05) is 0 Å². The number of benzene rings is 2. The van der Waals surface area contributed by atoms with Crippen LogP contribution in [-0.4, -0.2) is 44.7 Å². The molecule has 1 heterocycles. The smallest absolute Gasteiger partial charge is 0.243 e. The lowest BCUT2D eigenvalue weighted by Gasteiger charge is -2.30. The number of hydrogen-bond donors (Lipinski definition) is 2. The number of anilines is 2. The van der Waals surface area contributed by atoms with Crippen LogP contribution in [0.15, 0.2) is 47.4 Å². The summed E-state index contributed by atoms with van der Waals surface area (Å²) in [4.78, 5) is 24.0. The van der Waals surface area contributed by atoms with Crippen LogP contribution in [0.3, 0.4) is 0 Å². The van der Waals surface area contributed by atoms with Crippen LogP contribution < -0.4 is 15.4 Å². The number of piperidine rings is 1. The maximum absolute atomic E-state index is 12.8. The Bertz CT molecular complexity index is 1060. The second-order valence-corrected chi connectivity index (χ2v) is 9.56.